The van der Waals surface area contributed by atoms with Gasteiger partial charge >= 0.3 is 0 Å². The average molecular weight is 509 g/mol. The standard InChI is InChI=1S/C25H24N4O4S2/c1-3-33-21-13-11-20(12-14-21)29(35(31,32)22-15-9-18(2)10-16-22)17-23(30)26-25-28-27-24(34-25)19-7-5-4-6-8-19/h4-16H,3,17H2,1-2H3,(H,26,28,30). The van der Waals surface area contributed by atoms with Gasteiger partial charge in [0, 0.05) is 5.56 Å². The highest BCUT2D eigenvalue weighted by molar-refractivity contribution is 7.92. The summed E-state index contributed by atoms with van der Waals surface area (Å²) in [7, 11) is -4.02. The van der Waals surface area contributed by atoms with Gasteiger partial charge in [0.15, 0.2) is 0 Å². The maximum Gasteiger partial charge on any atom is 0.264 e. The summed E-state index contributed by atoms with van der Waals surface area (Å²) < 4.78 is 33.6. The summed E-state index contributed by atoms with van der Waals surface area (Å²) in [5, 5.41) is 11.8. The molecule has 1 aromatic heterocycles. The van der Waals surface area contributed by atoms with Crippen LogP contribution in [0.3, 0.4) is 0 Å². The lowest BCUT2D eigenvalue weighted by atomic mass is 10.2. The van der Waals surface area contributed by atoms with Crippen LogP contribution in [0.25, 0.3) is 10.6 Å². The van der Waals surface area contributed by atoms with Gasteiger partial charge in [-0.1, -0.05) is 59.4 Å². The molecule has 0 atom stereocenters. The van der Waals surface area contributed by atoms with Gasteiger partial charge in [0.25, 0.3) is 10.0 Å². The normalized spacial score (nSPS) is 11.1. The number of ether oxygens (including phenoxy) is 1. The molecule has 0 aliphatic heterocycles. The van der Waals surface area contributed by atoms with Crippen molar-refractivity contribution in [3.63, 3.8) is 0 Å². The summed E-state index contributed by atoms with van der Waals surface area (Å²) in [5.41, 5.74) is 2.15. The zero-order valence-corrected chi connectivity index (χ0v) is 20.8. The van der Waals surface area contributed by atoms with E-state index in [2.05, 4.69) is 15.5 Å². The number of hydrogen-bond donors (Lipinski definition) is 1. The summed E-state index contributed by atoms with van der Waals surface area (Å²) in [5.74, 6) is 0.0704. The lowest BCUT2D eigenvalue weighted by Gasteiger charge is -2.24. The second kappa shape index (κ2) is 10.7. The van der Waals surface area contributed by atoms with Gasteiger partial charge < -0.3 is 4.74 Å². The summed E-state index contributed by atoms with van der Waals surface area (Å²) in [6.07, 6.45) is 0. The zero-order chi connectivity index (χ0) is 24.8. The number of anilines is 2. The van der Waals surface area contributed by atoms with Crippen LogP contribution in [0.5, 0.6) is 5.75 Å². The maximum atomic E-state index is 13.5. The first kappa shape index (κ1) is 24.4. The number of aromatic nitrogens is 2. The minimum Gasteiger partial charge on any atom is -0.494 e. The molecule has 0 unspecified atom stereocenters. The molecule has 0 radical (unpaired) electrons. The van der Waals surface area contributed by atoms with Crippen LogP contribution in [0, 0.1) is 6.92 Å². The van der Waals surface area contributed by atoms with Crippen molar-refractivity contribution in [1.29, 1.82) is 0 Å². The predicted octanol–water partition coefficient (Wildman–Crippen LogP) is 4.75. The molecule has 4 rings (SSSR count). The van der Waals surface area contributed by atoms with Crippen molar-refractivity contribution in [2.24, 2.45) is 0 Å². The number of carbonyl (C=O) groups is 1. The molecule has 10 heteroatoms. The van der Waals surface area contributed by atoms with Gasteiger partial charge in [0.2, 0.25) is 11.0 Å². The van der Waals surface area contributed by atoms with Crippen molar-refractivity contribution in [3.05, 3.63) is 84.4 Å². The van der Waals surface area contributed by atoms with Crippen LogP contribution in [0.1, 0.15) is 12.5 Å². The highest BCUT2D eigenvalue weighted by Gasteiger charge is 2.27. The Morgan fingerprint density at radius 1 is 0.971 bits per heavy atom. The van der Waals surface area contributed by atoms with E-state index >= 15 is 0 Å². The SMILES string of the molecule is CCOc1ccc(N(CC(=O)Nc2nnc(-c3ccccc3)s2)S(=O)(=O)c2ccc(C)cc2)cc1. The topological polar surface area (TPSA) is 101 Å². The Kier molecular flexibility index (Phi) is 7.42. The van der Waals surface area contributed by atoms with Gasteiger partial charge in [-0.05, 0) is 50.2 Å². The summed E-state index contributed by atoms with van der Waals surface area (Å²) >= 11 is 1.21. The molecule has 0 saturated carbocycles. The van der Waals surface area contributed by atoms with E-state index in [0.29, 0.717) is 23.1 Å². The third-order valence-electron chi connectivity index (χ3n) is 5.02. The van der Waals surface area contributed by atoms with E-state index in [-0.39, 0.29) is 10.0 Å². The van der Waals surface area contributed by atoms with E-state index in [0.717, 1.165) is 15.4 Å². The van der Waals surface area contributed by atoms with Crippen LogP contribution >= 0.6 is 11.3 Å². The first-order valence-electron chi connectivity index (χ1n) is 10.9. The number of amides is 1. The molecule has 180 valence electrons. The number of sulfonamides is 1. The lowest BCUT2D eigenvalue weighted by molar-refractivity contribution is -0.114. The molecular formula is C25H24N4O4S2. The monoisotopic (exact) mass is 508 g/mol. The molecular weight excluding hydrogens is 484 g/mol. The van der Waals surface area contributed by atoms with Crippen molar-refractivity contribution < 1.29 is 17.9 Å². The molecule has 0 aliphatic carbocycles. The Hall–Kier alpha value is -3.76. The molecule has 1 amide bonds. The molecule has 1 N–H and O–H groups in total. The first-order valence-corrected chi connectivity index (χ1v) is 13.1. The molecule has 0 bridgehead atoms. The molecule has 3 aromatic carbocycles. The van der Waals surface area contributed by atoms with Gasteiger partial charge in [0.1, 0.15) is 17.3 Å². The lowest BCUT2D eigenvalue weighted by Crippen LogP contribution is -2.38. The smallest absolute Gasteiger partial charge is 0.264 e. The minimum atomic E-state index is -4.02. The molecule has 1 heterocycles. The number of rotatable bonds is 9. The van der Waals surface area contributed by atoms with Crippen molar-refractivity contribution in [3.8, 4) is 16.3 Å². The summed E-state index contributed by atoms with van der Waals surface area (Å²) in [4.78, 5) is 13.0. The Bertz CT molecular complexity index is 1390. The van der Waals surface area contributed by atoms with E-state index < -0.39 is 22.5 Å². The van der Waals surface area contributed by atoms with Crippen LogP contribution in [-0.4, -0.2) is 37.7 Å². The van der Waals surface area contributed by atoms with Gasteiger partial charge in [0.05, 0.1) is 17.2 Å². The fraction of sp³-hybridized carbons (Fsp3) is 0.160. The molecule has 0 saturated heterocycles. The highest BCUT2D eigenvalue weighted by atomic mass is 32.2. The van der Waals surface area contributed by atoms with Crippen LogP contribution in [0.4, 0.5) is 10.8 Å². The molecule has 35 heavy (non-hydrogen) atoms. The number of nitrogens with zero attached hydrogens (tertiary/aromatic N) is 3. The average Bonchev–Trinajstić information content (AvgIpc) is 3.32. The van der Waals surface area contributed by atoms with E-state index in [9.17, 15) is 13.2 Å². The quantitative estimate of drug-likeness (QED) is 0.350. The second-order valence-corrected chi connectivity index (χ2v) is 10.4. The third-order valence-corrected chi connectivity index (χ3v) is 7.70. The van der Waals surface area contributed by atoms with E-state index in [1.165, 1.54) is 23.5 Å². The fourth-order valence-electron chi connectivity index (χ4n) is 3.29. The first-order chi connectivity index (χ1) is 16.9. The Labute approximate surface area is 208 Å². The van der Waals surface area contributed by atoms with Crippen LogP contribution in [-0.2, 0) is 14.8 Å². The number of aryl methyl sites for hydroxylation is 1. The largest absolute Gasteiger partial charge is 0.494 e. The third kappa shape index (κ3) is 5.84. The predicted molar refractivity (Wildman–Crippen MR) is 137 cm³/mol. The van der Waals surface area contributed by atoms with E-state index in [4.69, 9.17) is 4.74 Å². The van der Waals surface area contributed by atoms with Crippen LogP contribution in [0.15, 0.2) is 83.8 Å². The molecule has 0 spiro atoms. The van der Waals surface area contributed by atoms with Crippen molar-refractivity contribution in [2.75, 3.05) is 22.8 Å². The zero-order valence-electron chi connectivity index (χ0n) is 19.2. The second-order valence-electron chi connectivity index (χ2n) is 7.58. The summed E-state index contributed by atoms with van der Waals surface area (Å²) in [6.45, 7) is 3.79. The molecule has 4 aromatic rings. The van der Waals surface area contributed by atoms with Gasteiger partial charge in [-0.3, -0.25) is 14.4 Å². The Morgan fingerprint density at radius 2 is 1.66 bits per heavy atom. The van der Waals surface area contributed by atoms with Gasteiger partial charge in [-0.25, -0.2) is 8.42 Å². The number of carbonyl (C=O) groups excluding carboxylic acids is 1. The fourth-order valence-corrected chi connectivity index (χ4v) is 5.47. The molecule has 8 nitrogen and oxygen atoms in total. The van der Waals surface area contributed by atoms with Gasteiger partial charge in [-0.15, -0.1) is 10.2 Å². The molecule has 0 fully saturated rings. The Balaban J connectivity index is 1.59. The van der Waals surface area contributed by atoms with E-state index in [1.807, 2.05) is 44.2 Å². The van der Waals surface area contributed by atoms with Crippen molar-refractivity contribution >= 4 is 38.1 Å². The van der Waals surface area contributed by atoms with Crippen LogP contribution in [0.2, 0.25) is 0 Å². The summed E-state index contributed by atoms with van der Waals surface area (Å²) in [6, 6.07) is 22.5. The van der Waals surface area contributed by atoms with Crippen molar-refractivity contribution in [2.45, 2.75) is 18.7 Å². The highest BCUT2D eigenvalue weighted by Crippen LogP contribution is 2.28. The maximum absolute atomic E-state index is 13.5. The number of nitrogens with one attached hydrogen (secondary N) is 1. The van der Waals surface area contributed by atoms with E-state index in [1.54, 1.807) is 36.4 Å². The van der Waals surface area contributed by atoms with Crippen LogP contribution < -0.4 is 14.4 Å². The number of benzene rings is 3. The van der Waals surface area contributed by atoms with Crippen molar-refractivity contribution in [1.82, 2.24) is 10.2 Å². The number of hydrogen-bond acceptors (Lipinski definition) is 7. The minimum absolute atomic E-state index is 0.0899. The Morgan fingerprint density at radius 3 is 2.31 bits per heavy atom. The molecule has 0 aliphatic rings. The van der Waals surface area contributed by atoms with Gasteiger partial charge in [-0.2, -0.15) is 0 Å².